The summed E-state index contributed by atoms with van der Waals surface area (Å²) in [7, 11) is -2.91. The van der Waals surface area contributed by atoms with Crippen LogP contribution < -0.4 is 19.7 Å². The number of carbonyl (C=O) groups is 4. The molecule has 65 heavy (non-hydrogen) atoms. The number of piperidine rings is 1. The number of imide groups is 1. The van der Waals surface area contributed by atoms with Crippen molar-refractivity contribution < 1.29 is 50.6 Å². The Morgan fingerprint density at radius 1 is 1.00 bits per heavy atom. The second-order valence-corrected chi connectivity index (χ2v) is 18.3. The lowest BCUT2D eigenvalue weighted by molar-refractivity contribution is -0.136. The summed E-state index contributed by atoms with van der Waals surface area (Å²) in [5.74, 6) is -4.50. The van der Waals surface area contributed by atoms with E-state index >= 15 is 8.78 Å². The van der Waals surface area contributed by atoms with E-state index < -0.39 is 69.6 Å². The van der Waals surface area contributed by atoms with Crippen LogP contribution in [0.3, 0.4) is 0 Å². The summed E-state index contributed by atoms with van der Waals surface area (Å²) in [6.45, 7) is 3.24. The minimum Gasteiger partial charge on any atom is -0.496 e. The molecule has 340 valence electrons. The summed E-state index contributed by atoms with van der Waals surface area (Å²) in [4.78, 5) is 64.6. The normalized spacial score (nSPS) is 20.0. The molecule has 3 saturated heterocycles. The standard InChI is InChI=1S/C45H45F3N8O8S/c1-64-37-20-26(18-28-23-56(45(61)39(28)37)35-8-9-38(58)51-44(35)60)36(57)11-12-53-14-16-54(17-15-53)30-4-2-25(3-5-30)27-19-31-32(22-50-43(31)49-21-27)42(59)40-33(47)6-7-34(41(40)48)52-65(62,63)55-13-10-29(46)24-55/h2-7,18-22,29,35-36,52,57H,8-17,23-24H2,1H3,(H,49,50)(H,51,58,60)/t29?,35?,36-/m1/s1. The number of carbonyl (C=O) groups excluding carboxylic acids is 4. The number of alkyl halides is 1. The van der Waals surface area contributed by atoms with E-state index in [2.05, 4.69) is 25.1 Å². The molecule has 0 bridgehead atoms. The highest BCUT2D eigenvalue weighted by Gasteiger charge is 2.41. The van der Waals surface area contributed by atoms with E-state index in [1.807, 2.05) is 29.0 Å². The fourth-order valence-electron chi connectivity index (χ4n) is 9.05. The number of aliphatic hydroxyl groups is 1. The van der Waals surface area contributed by atoms with Gasteiger partial charge in [0.1, 0.15) is 29.4 Å². The fourth-order valence-corrected chi connectivity index (χ4v) is 10.3. The summed E-state index contributed by atoms with van der Waals surface area (Å²) >= 11 is 0. The predicted molar refractivity (Wildman–Crippen MR) is 232 cm³/mol. The van der Waals surface area contributed by atoms with Crippen LogP contribution in [0.1, 0.15) is 69.2 Å². The van der Waals surface area contributed by atoms with Gasteiger partial charge in [-0.3, -0.25) is 34.1 Å². The quantitative estimate of drug-likeness (QED) is 0.0962. The van der Waals surface area contributed by atoms with Crippen LogP contribution in [-0.4, -0.2) is 126 Å². The Balaban J connectivity index is 0.818. The molecule has 2 unspecified atom stereocenters. The van der Waals surface area contributed by atoms with Gasteiger partial charge in [-0.15, -0.1) is 0 Å². The van der Waals surface area contributed by atoms with Crippen molar-refractivity contribution in [2.24, 2.45) is 0 Å². The van der Waals surface area contributed by atoms with Gasteiger partial charge in [0.05, 0.1) is 30.0 Å². The number of benzene rings is 3. The number of methoxy groups -OCH3 is 1. The van der Waals surface area contributed by atoms with Crippen molar-refractivity contribution >= 4 is 56.1 Å². The topological polar surface area (TPSA) is 198 Å². The van der Waals surface area contributed by atoms with Crippen LogP contribution in [0.5, 0.6) is 5.75 Å². The predicted octanol–water partition coefficient (Wildman–Crippen LogP) is 4.45. The zero-order chi connectivity index (χ0) is 45.7. The van der Waals surface area contributed by atoms with Gasteiger partial charge in [-0.05, 0) is 72.4 Å². The van der Waals surface area contributed by atoms with Gasteiger partial charge >= 0.3 is 10.2 Å². The van der Waals surface area contributed by atoms with Crippen molar-refractivity contribution in [2.75, 3.05) is 62.5 Å². The number of ketones is 1. The van der Waals surface area contributed by atoms with Crippen LogP contribution in [0.4, 0.5) is 24.5 Å². The number of anilines is 2. The molecule has 4 aliphatic rings. The van der Waals surface area contributed by atoms with Crippen molar-refractivity contribution in [3.63, 3.8) is 0 Å². The van der Waals surface area contributed by atoms with Gasteiger partial charge in [-0.1, -0.05) is 18.2 Å². The molecule has 9 rings (SSSR count). The van der Waals surface area contributed by atoms with Crippen LogP contribution >= 0.6 is 0 Å². The zero-order valence-electron chi connectivity index (χ0n) is 35.2. The Morgan fingerprint density at radius 3 is 2.48 bits per heavy atom. The number of amides is 3. The van der Waals surface area contributed by atoms with Crippen molar-refractivity contribution in [3.05, 3.63) is 106 Å². The molecule has 3 amide bonds. The first-order valence-corrected chi connectivity index (χ1v) is 22.7. The van der Waals surface area contributed by atoms with E-state index in [0.717, 1.165) is 53.9 Å². The van der Waals surface area contributed by atoms with E-state index in [1.54, 1.807) is 24.4 Å². The molecule has 16 nitrogen and oxygen atoms in total. The zero-order valence-corrected chi connectivity index (χ0v) is 36.0. The van der Waals surface area contributed by atoms with Gasteiger partial charge in [0, 0.05) is 93.4 Å². The average molecular weight is 915 g/mol. The third-order valence-electron chi connectivity index (χ3n) is 12.6. The number of aliphatic hydroxyl groups excluding tert-OH is 1. The Labute approximate surface area is 371 Å². The summed E-state index contributed by atoms with van der Waals surface area (Å²) < 4.78 is 78.6. The summed E-state index contributed by atoms with van der Waals surface area (Å²) in [6.07, 6.45) is 1.54. The van der Waals surface area contributed by atoms with Gasteiger partial charge in [0.15, 0.2) is 5.82 Å². The highest BCUT2D eigenvalue weighted by molar-refractivity contribution is 7.90. The summed E-state index contributed by atoms with van der Waals surface area (Å²) in [5, 5.41) is 13.9. The number of aromatic amines is 1. The van der Waals surface area contributed by atoms with Crippen LogP contribution in [0.2, 0.25) is 0 Å². The number of nitrogens with one attached hydrogen (secondary N) is 3. The van der Waals surface area contributed by atoms with Crippen molar-refractivity contribution in [1.29, 1.82) is 0 Å². The second kappa shape index (κ2) is 17.6. The molecule has 4 aliphatic heterocycles. The molecule has 5 aromatic rings. The van der Waals surface area contributed by atoms with E-state index in [4.69, 9.17) is 4.74 Å². The number of halogens is 3. The van der Waals surface area contributed by atoms with E-state index in [0.29, 0.717) is 52.0 Å². The number of H-pyrrole nitrogens is 1. The van der Waals surface area contributed by atoms with E-state index in [1.165, 1.54) is 18.2 Å². The summed E-state index contributed by atoms with van der Waals surface area (Å²) in [6, 6.07) is 13.8. The number of ether oxygens (including phenoxy) is 1. The lowest BCUT2D eigenvalue weighted by atomic mass is 9.99. The smallest absolute Gasteiger partial charge is 0.301 e. The Morgan fingerprint density at radius 2 is 1.77 bits per heavy atom. The SMILES string of the molecule is COc1cc([C@H](O)CCN2CCN(c3ccc(-c4cnc5[nH]cc(C(=O)c6c(F)ccc(NS(=O)(=O)N7CCC(F)C7)c6F)c5c4)cc3)CC2)cc2c1C(=O)N(C1CCC(=O)NC1=O)C2. The third-order valence-corrected chi connectivity index (χ3v) is 14.1. The largest absolute Gasteiger partial charge is 0.496 e. The molecular formula is C45H45F3N8O8S. The molecule has 3 aromatic carbocycles. The lowest BCUT2D eigenvalue weighted by Gasteiger charge is -2.36. The maximum atomic E-state index is 15.8. The molecular weight excluding hydrogens is 870 g/mol. The van der Waals surface area contributed by atoms with Crippen LogP contribution in [-0.2, 0) is 26.3 Å². The van der Waals surface area contributed by atoms with Crippen LogP contribution in [0.25, 0.3) is 22.2 Å². The van der Waals surface area contributed by atoms with Crippen molar-refractivity contribution in [2.45, 2.75) is 50.5 Å². The Kier molecular flexibility index (Phi) is 11.9. The number of pyridine rings is 1. The highest BCUT2D eigenvalue weighted by atomic mass is 32.2. The fraction of sp³-hybridized carbons (Fsp3) is 0.356. The average Bonchev–Trinajstić information content (AvgIpc) is 4.03. The number of aromatic nitrogens is 2. The van der Waals surface area contributed by atoms with Gasteiger partial charge in [-0.25, -0.2) is 18.2 Å². The highest BCUT2D eigenvalue weighted by Crippen LogP contribution is 2.37. The molecule has 0 spiro atoms. The molecule has 4 N–H and O–H groups in total. The van der Waals surface area contributed by atoms with Crippen molar-refractivity contribution in [1.82, 2.24) is 29.4 Å². The van der Waals surface area contributed by atoms with E-state index in [9.17, 15) is 37.1 Å². The minimum absolute atomic E-state index is 0.00822. The molecule has 6 heterocycles. The number of piperazine rings is 1. The Bertz CT molecular complexity index is 2840. The molecule has 0 radical (unpaired) electrons. The van der Waals surface area contributed by atoms with Crippen LogP contribution in [0, 0.1) is 11.6 Å². The first-order valence-electron chi connectivity index (χ1n) is 21.2. The summed E-state index contributed by atoms with van der Waals surface area (Å²) in [5.41, 5.74) is 2.65. The first-order chi connectivity index (χ1) is 31.2. The molecule has 3 atom stereocenters. The van der Waals surface area contributed by atoms with E-state index in [-0.39, 0.29) is 49.7 Å². The van der Waals surface area contributed by atoms with Gasteiger partial charge in [-0.2, -0.15) is 12.7 Å². The van der Waals surface area contributed by atoms with Gasteiger partial charge < -0.3 is 24.6 Å². The Hall–Kier alpha value is -6.35. The first kappa shape index (κ1) is 43.9. The molecule has 20 heteroatoms. The van der Waals surface area contributed by atoms with Crippen LogP contribution in [0.15, 0.2) is 67.0 Å². The molecule has 3 fully saturated rings. The number of hydrogen-bond acceptors (Lipinski definition) is 11. The number of hydrogen-bond donors (Lipinski definition) is 4. The number of fused-ring (bicyclic) bond motifs is 2. The third kappa shape index (κ3) is 8.53. The van der Waals surface area contributed by atoms with Gasteiger partial charge in [0.25, 0.3) is 5.91 Å². The lowest BCUT2D eigenvalue weighted by Crippen LogP contribution is -2.52. The minimum atomic E-state index is -4.37. The monoisotopic (exact) mass is 914 g/mol. The molecule has 2 aromatic heterocycles. The van der Waals surface area contributed by atoms with Crippen molar-refractivity contribution in [3.8, 4) is 16.9 Å². The molecule has 0 aliphatic carbocycles. The maximum Gasteiger partial charge on any atom is 0.301 e. The maximum absolute atomic E-state index is 15.8. The molecule has 0 saturated carbocycles. The number of nitrogens with zero attached hydrogens (tertiary/aromatic N) is 5. The number of rotatable bonds is 13. The van der Waals surface area contributed by atoms with Gasteiger partial charge in [0.2, 0.25) is 17.6 Å². The second-order valence-electron chi connectivity index (χ2n) is 16.6.